The monoisotopic (exact) mass is 596 g/mol. The second kappa shape index (κ2) is 9.66. The fourth-order valence-electron chi connectivity index (χ4n) is 5.59. The van der Waals surface area contributed by atoms with Gasteiger partial charge in [0.15, 0.2) is 23.3 Å². The van der Waals surface area contributed by atoms with Gasteiger partial charge in [-0.05, 0) is 0 Å². The van der Waals surface area contributed by atoms with Crippen molar-refractivity contribution in [3.63, 3.8) is 0 Å². The van der Waals surface area contributed by atoms with Gasteiger partial charge in [0, 0.05) is 43.8 Å². The van der Waals surface area contributed by atoms with Crippen molar-refractivity contribution in [2.45, 2.75) is 0 Å². The average molecular weight is 597 g/mol. The third-order valence-corrected chi connectivity index (χ3v) is 7.46. The second-order valence-corrected chi connectivity index (χ2v) is 9.79. The van der Waals surface area contributed by atoms with Crippen molar-refractivity contribution in [3.8, 4) is 45.6 Å². The topological polar surface area (TPSA) is 109 Å². The van der Waals surface area contributed by atoms with Gasteiger partial charge in [-0.1, -0.05) is 97.1 Å². The fraction of sp³-hybridized carbons (Fsp3) is 0. The van der Waals surface area contributed by atoms with Gasteiger partial charge in [0.1, 0.15) is 22.6 Å². The zero-order valence-electron chi connectivity index (χ0n) is 21.6. The van der Waals surface area contributed by atoms with Crippen LogP contribution >= 0.6 is 0 Å². The Balaban J connectivity index is 0.00000131. The standard InChI is InChI=1S/C32H18N8.Cu.FH/c1-2-10-18-17(9-1)25-33-26(18)38-28-21-13-5-6-14-22(21)30(35-28)40-32-24-16-8-7-15-23(24)31(36-32)39-29-20-12-4-3-11-19(20)27(34-29)37-25;;/h1-16H,(H2,33,34,35,36,37,38,39,40);;1H/q;+1;/p-1. The third-order valence-electron chi connectivity index (χ3n) is 7.46. The van der Waals surface area contributed by atoms with Gasteiger partial charge in [-0.2, -0.15) is 0 Å². The Kier molecular flexibility index (Phi) is 5.63. The summed E-state index contributed by atoms with van der Waals surface area (Å²) < 4.78 is 9.06. The van der Waals surface area contributed by atoms with Gasteiger partial charge in [0.2, 0.25) is 0 Å². The Morgan fingerprint density at radius 1 is 0.357 bits per heavy atom. The molecule has 8 nitrogen and oxygen atoms in total. The van der Waals surface area contributed by atoms with Gasteiger partial charge in [-0.3, -0.25) is 0 Å². The number of benzene rings is 4. The number of hydrogen-bond donors (Lipinski definition) is 2. The van der Waals surface area contributed by atoms with E-state index < -0.39 is 0 Å². The Bertz CT molecular complexity index is 2040. The molecular formula is C32H18CuFN8. The number of halogens is 1. The number of hydrogen-bond acceptors (Lipinski definition) is 6. The van der Waals surface area contributed by atoms with E-state index in [0.29, 0.717) is 45.9 Å². The van der Waals surface area contributed by atoms with Crippen LogP contribution in [0.3, 0.4) is 0 Å². The smallest absolute Gasteiger partial charge is 0.164 e. The summed E-state index contributed by atoms with van der Waals surface area (Å²) in [7, 11) is 0. The zero-order valence-corrected chi connectivity index (χ0v) is 22.5. The van der Waals surface area contributed by atoms with Crippen LogP contribution in [0.5, 0.6) is 0 Å². The first kappa shape index (κ1) is 24.5. The summed E-state index contributed by atoms with van der Waals surface area (Å²) in [5.41, 5.74) is 6.45. The first-order chi connectivity index (χ1) is 20.8. The van der Waals surface area contributed by atoms with Gasteiger partial charge in [0.25, 0.3) is 0 Å². The largest absolute Gasteiger partial charge is 0.324 e. The number of aromatic amines is 2. The molecule has 2 aliphatic rings. The van der Waals surface area contributed by atoms with E-state index in [0.717, 1.165) is 43.8 Å². The molecule has 2 aliphatic heterocycles. The maximum absolute atomic E-state index is 9.06. The maximum atomic E-state index is 9.06. The van der Waals surface area contributed by atoms with E-state index in [1.807, 2.05) is 97.1 Å². The Morgan fingerprint density at radius 3 is 0.857 bits per heavy atom. The maximum Gasteiger partial charge on any atom is 0.164 e. The van der Waals surface area contributed by atoms with E-state index in [2.05, 4.69) is 26.4 Å². The minimum Gasteiger partial charge on any atom is -0.324 e. The second-order valence-electron chi connectivity index (χ2n) is 9.79. The van der Waals surface area contributed by atoms with Crippen molar-refractivity contribution in [2.75, 3.05) is 0 Å². The summed E-state index contributed by atoms with van der Waals surface area (Å²) in [4.78, 5) is 36.8. The molecule has 0 amide bonds. The number of rotatable bonds is 0. The van der Waals surface area contributed by atoms with Gasteiger partial charge < -0.3 is 9.97 Å². The molecule has 0 spiro atoms. The number of H-pyrrole nitrogens is 2. The van der Waals surface area contributed by atoms with Crippen molar-refractivity contribution < 1.29 is 20.0 Å². The molecule has 0 fully saturated rings. The van der Waals surface area contributed by atoms with Crippen LogP contribution in [0, 0.1) is 0 Å². The van der Waals surface area contributed by atoms with Crippen molar-refractivity contribution in [1.29, 1.82) is 0 Å². The molecule has 204 valence electrons. The van der Waals surface area contributed by atoms with Crippen LogP contribution in [0.1, 0.15) is 0 Å². The molecule has 0 aliphatic carbocycles. The number of nitrogens with zero attached hydrogens (tertiary/aromatic N) is 6. The zero-order chi connectivity index (χ0) is 28.2. The molecule has 0 saturated carbocycles. The minimum atomic E-state index is 0.597. The molecule has 3 aromatic heterocycles. The van der Waals surface area contributed by atoms with Crippen molar-refractivity contribution in [2.24, 2.45) is 0 Å². The molecule has 4 aromatic carbocycles. The number of fused-ring (bicyclic) bond motifs is 20. The average Bonchev–Trinajstić information content (AvgIpc) is 3.78. The van der Waals surface area contributed by atoms with Crippen LogP contribution in [0.2, 0.25) is 0 Å². The van der Waals surface area contributed by atoms with E-state index in [9.17, 15) is 0 Å². The third kappa shape index (κ3) is 3.73. The Hall–Kier alpha value is -5.31. The number of nitrogens with one attached hydrogen (secondary N) is 2. The van der Waals surface area contributed by atoms with Crippen LogP contribution in [-0.2, 0) is 16.5 Å². The van der Waals surface area contributed by atoms with Crippen molar-refractivity contribution >= 4 is 44.1 Å². The van der Waals surface area contributed by atoms with Gasteiger partial charge in [-0.15, -0.1) is 0 Å². The molecule has 5 heterocycles. The van der Waals surface area contributed by atoms with E-state index in [1.165, 1.54) is 0 Å². The summed E-state index contributed by atoms with van der Waals surface area (Å²) in [6, 6.07) is 32.2. The molecule has 2 N–H and O–H groups in total. The van der Waals surface area contributed by atoms with Crippen LogP contribution < -0.4 is 0 Å². The predicted molar refractivity (Wildman–Crippen MR) is 157 cm³/mol. The summed E-state index contributed by atoms with van der Waals surface area (Å²) >= 11 is 2.69. The number of aromatic nitrogens is 8. The summed E-state index contributed by atoms with van der Waals surface area (Å²) in [6.45, 7) is 0. The summed E-state index contributed by atoms with van der Waals surface area (Å²) in [5, 5.41) is 3.82. The SMILES string of the molecule is [F][Cu].c1ccc2c(c1)-c1nc-2nc2[nH]c(nc3nc(nc4[nH]c(n1)c1ccccc41)-c1ccccc1-3)c1ccccc21. The molecule has 42 heavy (non-hydrogen) atoms. The van der Waals surface area contributed by atoms with E-state index >= 15 is 0 Å². The van der Waals surface area contributed by atoms with Crippen molar-refractivity contribution in [1.82, 2.24) is 39.9 Å². The summed E-state index contributed by atoms with van der Waals surface area (Å²) in [5.74, 6) is 2.39. The van der Waals surface area contributed by atoms with E-state index in [1.54, 1.807) is 0 Å². The molecule has 10 heteroatoms. The molecule has 8 bridgehead atoms. The molecule has 0 unspecified atom stereocenters. The van der Waals surface area contributed by atoms with Gasteiger partial charge in [0.05, 0.1) is 0 Å². The molecule has 0 atom stereocenters. The quantitative estimate of drug-likeness (QED) is 0.178. The first-order valence-electron chi connectivity index (χ1n) is 13.1. The fourth-order valence-corrected chi connectivity index (χ4v) is 5.59. The van der Waals surface area contributed by atoms with Crippen LogP contribution in [-0.4, -0.2) is 39.9 Å². The molecule has 7 aromatic rings. The first-order valence-corrected chi connectivity index (χ1v) is 13.5. The molecular weight excluding hydrogens is 579 g/mol. The van der Waals surface area contributed by atoms with Gasteiger partial charge in [-0.25, -0.2) is 29.9 Å². The predicted octanol–water partition coefficient (Wildman–Crippen LogP) is 7.29. The van der Waals surface area contributed by atoms with Gasteiger partial charge >= 0.3 is 20.0 Å². The minimum absolute atomic E-state index is 0.597. The van der Waals surface area contributed by atoms with E-state index in [-0.39, 0.29) is 0 Å². The Labute approximate surface area is 246 Å². The summed E-state index contributed by atoms with van der Waals surface area (Å²) in [6.07, 6.45) is 0. The van der Waals surface area contributed by atoms with Crippen LogP contribution in [0.25, 0.3) is 89.7 Å². The van der Waals surface area contributed by atoms with Crippen LogP contribution in [0.15, 0.2) is 97.1 Å². The van der Waals surface area contributed by atoms with E-state index in [4.69, 9.17) is 33.5 Å². The van der Waals surface area contributed by atoms with Crippen LogP contribution in [0.4, 0.5) is 3.55 Å². The normalized spacial score (nSPS) is 11.6. The molecule has 9 rings (SSSR count). The Morgan fingerprint density at radius 2 is 0.595 bits per heavy atom. The molecule has 0 radical (unpaired) electrons. The molecule has 0 saturated heterocycles. The van der Waals surface area contributed by atoms with Crippen molar-refractivity contribution in [3.05, 3.63) is 97.1 Å².